The predicted octanol–water partition coefficient (Wildman–Crippen LogP) is 4.03. The van der Waals surface area contributed by atoms with Crippen molar-refractivity contribution in [1.82, 2.24) is 0 Å². The fourth-order valence-corrected chi connectivity index (χ4v) is 3.44. The summed E-state index contributed by atoms with van der Waals surface area (Å²) in [7, 11) is 0. The lowest BCUT2D eigenvalue weighted by atomic mass is 9.81. The number of aliphatic hydroxyl groups is 1. The maximum Gasteiger partial charge on any atom is 0.339 e. The minimum atomic E-state index is -0.777. The summed E-state index contributed by atoms with van der Waals surface area (Å²) in [6.45, 7) is 3.83. The van der Waals surface area contributed by atoms with Crippen LogP contribution in [-0.2, 0) is 9.53 Å². The van der Waals surface area contributed by atoms with E-state index in [9.17, 15) is 9.90 Å². The zero-order chi connectivity index (χ0) is 14.9. The molecule has 1 aliphatic heterocycles. The Morgan fingerprint density at radius 1 is 1.19 bits per heavy atom. The van der Waals surface area contributed by atoms with Crippen molar-refractivity contribution in [1.29, 1.82) is 0 Å². The Bertz CT molecular complexity index is 580. The Hall–Kier alpha value is -2.03. The lowest BCUT2D eigenvalue weighted by Gasteiger charge is -2.31. The average Bonchev–Trinajstić information content (AvgIpc) is 2.74. The van der Waals surface area contributed by atoms with Crippen molar-refractivity contribution >= 4 is 5.97 Å². The summed E-state index contributed by atoms with van der Waals surface area (Å²) in [5, 5.41) is 10.7. The molecule has 21 heavy (non-hydrogen) atoms. The van der Waals surface area contributed by atoms with Gasteiger partial charge in [0, 0.05) is 5.92 Å². The Kier molecular flexibility index (Phi) is 3.58. The quantitative estimate of drug-likeness (QED) is 0.673. The minimum absolute atomic E-state index is 0.126. The van der Waals surface area contributed by atoms with Gasteiger partial charge in [-0.05, 0) is 31.2 Å². The Morgan fingerprint density at radius 3 is 2.48 bits per heavy atom. The zero-order valence-electron chi connectivity index (χ0n) is 12.0. The number of aliphatic hydroxyl groups excluding tert-OH is 1. The van der Waals surface area contributed by atoms with E-state index in [1.807, 2.05) is 30.3 Å². The highest BCUT2D eigenvalue weighted by atomic mass is 16.6. The lowest BCUT2D eigenvalue weighted by Crippen LogP contribution is -2.34. The third kappa shape index (κ3) is 2.27. The van der Waals surface area contributed by atoms with Crippen molar-refractivity contribution in [2.75, 3.05) is 0 Å². The fourth-order valence-electron chi connectivity index (χ4n) is 3.44. The summed E-state index contributed by atoms with van der Waals surface area (Å²) in [6, 6.07) is 9.63. The smallest absolute Gasteiger partial charge is 0.339 e. The molecule has 3 nitrogen and oxygen atoms in total. The molecule has 0 aromatic heterocycles. The van der Waals surface area contributed by atoms with Crippen molar-refractivity contribution in [2.45, 2.75) is 43.6 Å². The number of carbonyl (C=O) groups is 1. The summed E-state index contributed by atoms with van der Waals surface area (Å²) in [5.74, 6) is -0.593. The van der Waals surface area contributed by atoms with E-state index >= 15 is 0 Å². The van der Waals surface area contributed by atoms with Gasteiger partial charge in [0.15, 0.2) is 5.60 Å². The number of rotatable bonds is 3. The number of hydrogen-bond donors (Lipinski definition) is 1. The first-order valence-electron chi connectivity index (χ1n) is 7.52. The lowest BCUT2D eigenvalue weighted by molar-refractivity contribution is -0.151. The van der Waals surface area contributed by atoms with Crippen molar-refractivity contribution in [3.8, 4) is 0 Å². The number of esters is 1. The summed E-state index contributed by atoms with van der Waals surface area (Å²) in [6.07, 6.45) is 6.22. The first-order chi connectivity index (χ1) is 10.2. The molecular weight excluding hydrogens is 264 g/mol. The highest BCUT2D eigenvalue weighted by Gasteiger charge is 2.50. The highest BCUT2D eigenvalue weighted by Crippen LogP contribution is 2.46. The van der Waals surface area contributed by atoms with Gasteiger partial charge in [-0.15, -0.1) is 6.58 Å². The number of benzene rings is 1. The first-order valence-corrected chi connectivity index (χ1v) is 7.52. The van der Waals surface area contributed by atoms with Crippen molar-refractivity contribution in [3.05, 3.63) is 59.9 Å². The summed E-state index contributed by atoms with van der Waals surface area (Å²) in [5.41, 5.74) is 0.526. The van der Waals surface area contributed by atoms with Gasteiger partial charge in [0.25, 0.3) is 0 Å². The Morgan fingerprint density at radius 2 is 1.86 bits per heavy atom. The summed E-state index contributed by atoms with van der Waals surface area (Å²) in [4.78, 5) is 12.3. The Balaban J connectivity index is 2.02. The molecule has 0 amide bonds. The number of ether oxygens (including phenoxy) is 1. The summed E-state index contributed by atoms with van der Waals surface area (Å²) < 4.78 is 5.61. The van der Waals surface area contributed by atoms with Gasteiger partial charge >= 0.3 is 5.97 Å². The van der Waals surface area contributed by atoms with Gasteiger partial charge < -0.3 is 9.84 Å². The molecule has 1 fully saturated rings. The van der Waals surface area contributed by atoms with Crippen LogP contribution in [0, 0.1) is 0 Å². The zero-order valence-corrected chi connectivity index (χ0v) is 12.0. The van der Waals surface area contributed by atoms with Gasteiger partial charge in [-0.3, -0.25) is 0 Å². The van der Waals surface area contributed by atoms with Gasteiger partial charge in [0.2, 0.25) is 0 Å². The molecule has 3 heteroatoms. The minimum Gasteiger partial charge on any atom is -0.507 e. The molecule has 1 heterocycles. The fraction of sp³-hybridized carbons (Fsp3) is 0.389. The van der Waals surface area contributed by atoms with E-state index in [1.165, 1.54) is 0 Å². The van der Waals surface area contributed by atoms with E-state index in [4.69, 9.17) is 4.74 Å². The molecule has 0 saturated heterocycles. The van der Waals surface area contributed by atoms with Crippen LogP contribution in [0.5, 0.6) is 0 Å². The molecule has 1 saturated carbocycles. The molecular formula is C18H20O3. The average molecular weight is 284 g/mol. The molecule has 0 bridgehead atoms. The van der Waals surface area contributed by atoms with E-state index in [-0.39, 0.29) is 11.7 Å². The van der Waals surface area contributed by atoms with Crippen LogP contribution in [0.15, 0.2) is 54.3 Å². The number of allylic oxidation sites excluding steroid dienone is 1. The molecule has 1 aliphatic carbocycles. The van der Waals surface area contributed by atoms with Gasteiger partial charge in [-0.2, -0.15) is 0 Å². The van der Waals surface area contributed by atoms with Gasteiger partial charge in [-0.25, -0.2) is 4.79 Å². The largest absolute Gasteiger partial charge is 0.507 e. The second-order valence-electron chi connectivity index (χ2n) is 5.83. The van der Waals surface area contributed by atoms with E-state index in [1.54, 1.807) is 6.08 Å². The normalized spacial score (nSPS) is 22.2. The van der Waals surface area contributed by atoms with Crippen molar-refractivity contribution in [3.63, 3.8) is 0 Å². The molecule has 1 spiro atoms. The predicted molar refractivity (Wildman–Crippen MR) is 80.9 cm³/mol. The van der Waals surface area contributed by atoms with E-state index in [0.717, 1.165) is 24.8 Å². The monoisotopic (exact) mass is 284 g/mol. The van der Waals surface area contributed by atoms with Crippen LogP contribution in [0.3, 0.4) is 0 Å². The molecule has 1 atom stereocenters. The second kappa shape index (κ2) is 5.40. The first kappa shape index (κ1) is 13.9. The molecule has 2 aliphatic rings. The van der Waals surface area contributed by atoms with E-state index < -0.39 is 11.6 Å². The second-order valence-corrected chi connectivity index (χ2v) is 5.83. The van der Waals surface area contributed by atoms with Gasteiger partial charge in [-0.1, -0.05) is 42.8 Å². The Labute approximate surface area is 124 Å². The molecule has 110 valence electrons. The van der Waals surface area contributed by atoms with Crippen LogP contribution in [0.4, 0.5) is 0 Å². The van der Waals surface area contributed by atoms with Crippen LogP contribution in [0.25, 0.3) is 0 Å². The number of carbonyl (C=O) groups excluding carboxylic acids is 1. The topological polar surface area (TPSA) is 46.5 Å². The van der Waals surface area contributed by atoms with Gasteiger partial charge in [0.05, 0.1) is 5.57 Å². The standard InChI is InChI=1S/C18H20O3/c1-2-14(13-9-5-3-6-10-13)15-16(19)18(21-17(15)20)11-7-4-8-12-18/h2-3,5-6,9-10,14,19H,1,4,7-8,11-12H2. The van der Waals surface area contributed by atoms with Crippen LogP contribution >= 0.6 is 0 Å². The maximum atomic E-state index is 12.3. The molecule has 1 aromatic carbocycles. The van der Waals surface area contributed by atoms with Crippen LogP contribution in [0.1, 0.15) is 43.6 Å². The third-order valence-electron chi connectivity index (χ3n) is 4.56. The van der Waals surface area contributed by atoms with Crippen molar-refractivity contribution in [2.24, 2.45) is 0 Å². The molecule has 1 aromatic rings. The van der Waals surface area contributed by atoms with Crippen LogP contribution < -0.4 is 0 Å². The molecule has 0 radical (unpaired) electrons. The SMILES string of the molecule is C=CC(C1=C(O)C2(CCCCC2)OC1=O)c1ccccc1. The highest BCUT2D eigenvalue weighted by molar-refractivity contribution is 5.94. The van der Waals surface area contributed by atoms with E-state index in [2.05, 4.69) is 6.58 Å². The van der Waals surface area contributed by atoms with Crippen LogP contribution in [0.2, 0.25) is 0 Å². The maximum absolute atomic E-state index is 12.3. The number of hydrogen-bond acceptors (Lipinski definition) is 3. The summed E-state index contributed by atoms with van der Waals surface area (Å²) >= 11 is 0. The molecule has 3 rings (SSSR count). The molecule has 1 N–H and O–H groups in total. The molecule has 1 unspecified atom stereocenters. The van der Waals surface area contributed by atoms with E-state index in [0.29, 0.717) is 18.4 Å². The van der Waals surface area contributed by atoms with Crippen LogP contribution in [-0.4, -0.2) is 16.7 Å². The third-order valence-corrected chi connectivity index (χ3v) is 4.56. The van der Waals surface area contributed by atoms with Crippen molar-refractivity contribution < 1.29 is 14.6 Å². The van der Waals surface area contributed by atoms with Gasteiger partial charge in [0.1, 0.15) is 5.76 Å².